The third kappa shape index (κ3) is 4.06. The van der Waals surface area contributed by atoms with Crippen LogP contribution < -0.4 is 15.8 Å². The monoisotopic (exact) mass is 561 g/mol. The van der Waals surface area contributed by atoms with E-state index in [1.54, 1.807) is 41.1 Å². The van der Waals surface area contributed by atoms with Gasteiger partial charge in [-0.15, -0.1) is 0 Å². The average molecular weight is 562 g/mol. The van der Waals surface area contributed by atoms with Gasteiger partial charge in [0, 0.05) is 47.5 Å². The summed E-state index contributed by atoms with van der Waals surface area (Å²) in [5.41, 5.74) is 2.11. The van der Waals surface area contributed by atoms with Crippen molar-refractivity contribution in [3.63, 3.8) is 0 Å². The highest BCUT2D eigenvalue weighted by molar-refractivity contribution is 14.1. The van der Waals surface area contributed by atoms with Gasteiger partial charge in [0.1, 0.15) is 10.7 Å². The Balaban J connectivity index is 1.48. The molecular weight excluding hydrogens is 541 g/mol. The van der Waals surface area contributed by atoms with Gasteiger partial charge in [-0.1, -0.05) is 34.2 Å². The molecule has 0 bridgehead atoms. The molecule has 1 aliphatic heterocycles. The molecule has 1 saturated heterocycles. The van der Waals surface area contributed by atoms with E-state index in [2.05, 4.69) is 47.8 Å². The summed E-state index contributed by atoms with van der Waals surface area (Å²) < 4.78 is 4.06. The van der Waals surface area contributed by atoms with Crippen molar-refractivity contribution in [2.45, 2.75) is 16.8 Å². The summed E-state index contributed by atoms with van der Waals surface area (Å²) in [4.78, 5) is 28.1. The van der Waals surface area contributed by atoms with Crippen LogP contribution in [0.4, 0.5) is 17.5 Å². The Bertz CT molecular complexity index is 1330. The molecular formula is C22H21ClIN7O. The normalized spacial score (nSPS) is 14.8. The molecule has 0 aliphatic carbocycles. The van der Waals surface area contributed by atoms with E-state index in [0.29, 0.717) is 26.4 Å². The summed E-state index contributed by atoms with van der Waals surface area (Å²) >= 11 is 8.90. The minimum atomic E-state index is -0.0880. The zero-order valence-electron chi connectivity index (χ0n) is 17.4. The lowest BCUT2D eigenvalue weighted by Crippen LogP contribution is -2.35. The SMILES string of the molecule is Cn1c(=O)c(-n2ccnc2)cc2cc(Nc3nc(N4CCC(I)CC4)ncc3Cl)ccc21. The average Bonchev–Trinajstić information content (AvgIpc) is 3.33. The van der Waals surface area contributed by atoms with Gasteiger partial charge in [-0.05, 0) is 37.1 Å². The van der Waals surface area contributed by atoms with E-state index in [0.717, 1.165) is 42.5 Å². The maximum absolute atomic E-state index is 12.8. The number of hydrogen-bond acceptors (Lipinski definition) is 6. The Hall–Kier alpha value is -2.66. The number of anilines is 3. The molecule has 5 rings (SSSR count). The molecule has 1 N–H and O–H groups in total. The van der Waals surface area contributed by atoms with Gasteiger partial charge < -0.3 is 19.4 Å². The van der Waals surface area contributed by atoms with E-state index in [1.807, 2.05) is 24.3 Å². The smallest absolute Gasteiger partial charge is 0.275 e. The lowest BCUT2D eigenvalue weighted by Gasteiger charge is -2.29. The first-order valence-electron chi connectivity index (χ1n) is 10.3. The van der Waals surface area contributed by atoms with E-state index >= 15 is 0 Å². The first-order chi connectivity index (χ1) is 15.5. The topological polar surface area (TPSA) is 80.9 Å². The second-order valence-corrected chi connectivity index (χ2v) is 9.96. The van der Waals surface area contributed by atoms with Gasteiger partial charge in [-0.25, -0.2) is 9.97 Å². The van der Waals surface area contributed by atoms with Crippen molar-refractivity contribution in [3.05, 3.63) is 64.6 Å². The van der Waals surface area contributed by atoms with E-state index < -0.39 is 0 Å². The summed E-state index contributed by atoms with van der Waals surface area (Å²) in [6.07, 6.45) is 8.92. The first-order valence-corrected chi connectivity index (χ1v) is 11.9. The number of benzene rings is 1. The lowest BCUT2D eigenvalue weighted by molar-refractivity contribution is 0.594. The maximum Gasteiger partial charge on any atom is 0.275 e. The largest absolute Gasteiger partial charge is 0.341 e. The number of hydrogen-bond donors (Lipinski definition) is 1. The minimum absolute atomic E-state index is 0.0880. The van der Waals surface area contributed by atoms with E-state index in [4.69, 9.17) is 11.6 Å². The molecule has 10 heteroatoms. The number of rotatable bonds is 4. The summed E-state index contributed by atoms with van der Waals surface area (Å²) in [5.74, 6) is 1.25. The number of nitrogens with zero attached hydrogens (tertiary/aromatic N) is 6. The highest BCUT2D eigenvalue weighted by atomic mass is 127. The van der Waals surface area contributed by atoms with Crippen molar-refractivity contribution in [1.29, 1.82) is 0 Å². The highest BCUT2D eigenvalue weighted by Crippen LogP contribution is 2.28. The number of halogens is 2. The molecule has 0 saturated carbocycles. The molecule has 32 heavy (non-hydrogen) atoms. The Labute approximate surface area is 203 Å². The number of nitrogens with one attached hydrogen (secondary N) is 1. The van der Waals surface area contributed by atoms with Crippen molar-refractivity contribution in [1.82, 2.24) is 24.1 Å². The predicted molar refractivity (Wildman–Crippen MR) is 136 cm³/mol. The predicted octanol–water partition coefficient (Wildman–Crippen LogP) is 4.32. The molecule has 0 spiro atoms. The fraction of sp³-hybridized carbons (Fsp3) is 0.273. The van der Waals surface area contributed by atoms with Crippen LogP contribution in [-0.4, -0.2) is 41.1 Å². The van der Waals surface area contributed by atoms with Gasteiger partial charge in [0.15, 0.2) is 5.82 Å². The van der Waals surface area contributed by atoms with Gasteiger partial charge in [-0.3, -0.25) is 4.79 Å². The standard InChI is InChI=1S/C22H21ClIN7O/c1-29-18-3-2-16(10-14(18)11-19(21(29)32)31-9-6-25-13-31)27-20-17(23)12-26-22(28-20)30-7-4-15(24)5-8-30/h2-3,6,9-13,15H,4-5,7-8H2,1H3,(H,26,27,28). The van der Waals surface area contributed by atoms with E-state index in [1.165, 1.54) is 0 Å². The molecule has 1 aliphatic rings. The number of imidazole rings is 1. The lowest BCUT2D eigenvalue weighted by atomic mass is 10.1. The molecule has 4 aromatic rings. The summed E-state index contributed by atoms with van der Waals surface area (Å²) in [5, 5.41) is 4.69. The molecule has 0 amide bonds. The molecule has 4 heterocycles. The Kier molecular flexibility index (Phi) is 5.76. The number of fused-ring (bicyclic) bond motifs is 1. The maximum atomic E-state index is 12.8. The highest BCUT2D eigenvalue weighted by Gasteiger charge is 2.20. The zero-order chi connectivity index (χ0) is 22.2. The van der Waals surface area contributed by atoms with Crippen molar-refractivity contribution in [2.24, 2.45) is 7.05 Å². The van der Waals surface area contributed by atoms with Crippen molar-refractivity contribution in [2.75, 3.05) is 23.3 Å². The molecule has 1 fully saturated rings. The van der Waals surface area contributed by atoms with Gasteiger partial charge in [0.25, 0.3) is 5.56 Å². The van der Waals surface area contributed by atoms with E-state index in [9.17, 15) is 4.79 Å². The van der Waals surface area contributed by atoms with Crippen LogP contribution in [0.1, 0.15) is 12.8 Å². The van der Waals surface area contributed by atoms with Gasteiger partial charge >= 0.3 is 0 Å². The Morgan fingerprint density at radius 2 is 2.03 bits per heavy atom. The molecule has 0 unspecified atom stereocenters. The molecule has 164 valence electrons. The fourth-order valence-electron chi connectivity index (χ4n) is 3.91. The van der Waals surface area contributed by atoms with Crippen LogP contribution in [0.5, 0.6) is 0 Å². The van der Waals surface area contributed by atoms with Crippen LogP contribution in [0, 0.1) is 0 Å². The Morgan fingerprint density at radius 3 is 2.78 bits per heavy atom. The van der Waals surface area contributed by atoms with Crippen molar-refractivity contribution < 1.29 is 0 Å². The van der Waals surface area contributed by atoms with Crippen LogP contribution in [-0.2, 0) is 7.05 Å². The molecule has 0 atom stereocenters. The summed E-state index contributed by atoms with van der Waals surface area (Å²) in [7, 11) is 1.77. The van der Waals surface area contributed by atoms with Crippen LogP contribution in [0.25, 0.3) is 16.6 Å². The van der Waals surface area contributed by atoms with Crippen LogP contribution >= 0.6 is 34.2 Å². The second kappa shape index (κ2) is 8.70. The third-order valence-corrected chi connectivity index (χ3v) is 7.21. The quantitative estimate of drug-likeness (QED) is 0.295. The van der Waals surface area contributed by atoms with Crippen LogP contribution in [0.3, 0.4) is 0 Å². The minimum Gasteiger partial charge on any atom is -0.341 e. The van der Waals surface area contributed by atoms with Crippen LogP contribution in [0.2, 0.25) is 5.02 Å². The molecule has 0 radical (unpaired) electrons. The number of alkyl halides is 1. The summed E-state index contributed by atoms with van der Waals surface area (Å²) in [6.45, 7) is 1.88. The molecule has 3 aromatic heterocycles. The fourth-order valence-corrected chi connectivity index (χ4v) is 4.61. The van der Waals surface area contributed by atoms with Gasteiger partial charge in [-0.2, -0.15) is 4.98 Å². The molecule has 1 aromatic carbocycles. The van der Waals surface area contributed by atoms with Crippen LogP contribution in [0.15, 0.2) is 54.0 Å². The number of aryl methyl sites for hydroxylation is 1. The second-order valence-electron chi connectivity index (χ2n) is 7.79. The number of piperidine rings is 1. The Morgan fingerprint density at radius 1 is 1.22 bits per heavy atom. The van der Waals surface area contributed by atoms with E-state index in [-0.39, 0.29) is 5.56 Å². The third-order valence-electron chi connectivity index (χ3n) is 5.69. The van der Waals surface area contributed by atoms with Gasteiger partial charge in [0.2, 0.25) is 5.95 Å². The number of pyridine rings is 1. The molecule has 8 nitrogen and oxygen atoms in total. The number of aromatic nitrogens is 5. The first kappa shape index (κ1) is 21.2. The summed E-state index contributed by atoms with van der Waals surface area (Å²) in [6, 6.07) is 7.68. The van der Waals surface area contributed by atoms with Crippen molar-refractivity contribution in [3.8, 4) is 5.69 Å². The zero-order valence-corrected chi connectivity index (χ0v) is 20.3. The van der Waals surface area contributed by atoms with Gasteiger partial charge in [0.05, 0.1) is 18.0 Å². The van der Waals surface area contributed by atoms with Crippen molar-refractivity contribution >= 4 is 62.5 Å².